The number of hydrogen-bond donors (Lipinski definition) is 1. The highest BCUT2D eigenvalue weighted by molar-refractivity contribution is 5.25. The number of anilines is 1. The van der Waals surface area contributed by atoms with Gasteiger partial charge in [0.2, 0.25) is 5.95 Å². The molecule has 1 N–H and O–H groups in total. The summed E-state index contributed by atoms with van der Waals surface area (Å²) >= 11 is 0. The van der Waals surface area contributed by atoms with Gasteiger partial charge in [-0.3, -0.25) is 0 Å². The van der Waals surface area contributed by atoms with Crippen LogP contribution in [0.25, 0.3) is 0 Å². The van der Waals surface area contributed by atoms with Gasteiger partial charge in [-0.05, 0) is 30.6 Å². The van der Waals surface area contributed by atoms with E-state index in [0.29, 0.717) is 5.92 Å². The van der Waals surface area contributed by atoms with Crippen molar-refractivity contribution in [2.45, 2.75) is 59.4 Å². The van der Waals surface area contributed by atoms with Crippen LogP contribution in [-0.4, -0.2) is 16.1 Å². The third-order valence-electron chi connectivity index (χ3n) is 4.16. The van der Waals surface area contributed by atoms with E-state index in [1.54, 1.807) is 0 Å². The zero-order chi connectivity index (χ0) is 13.7. The molecule has 2 unspecified atom stereocenters. The molecule has 108 valence electrons. The highest BCUT2D eigenvalue weighted by Crippen LogP contribution is 2.30. The van der Waals surface area contributed by atoms with Crippen molar-refractivity contribution in [3.63, 3.8) is 0 Å². The molecule has 1 aliphatic rings. The first-order chi connectivity index (χ1) is 9.15. The first-order valence-corrected chi connectivity index (χ1v) is 7.90. The third kappa shape index (κ3) is 4.55. The van der Waals surface area contributed by atoms with Gasteiger partial charge in [0.15, 0.2) is 0 Å². The van der Waals surface area contributed by atoms with Crippen molar-refractivity contribution >= 4 is 5.95 Å². The van der Waals surface area contributed by atoms with Crippen molar-refractivity contribution in [1.29, 1.82) is 0 Å². The first kappa shape index (κ1) is 14.4. The van der Waals surface area contributed by atoms with E-state index >= 15 is 0 Å². The number of nitrogens with one attached hydrogen (secondary N) is 1. The van der Waals surface area contributed by atoms with Gasteiger partial charge in [0, 0.05) is 25.5 Å². The van der Waals surface area contributed by atoms with Gasteiger partial charge in [-0.15, -0.1) is 0 Å². The smallest absolute Gasteiger partial charge is 0.202 e. The third-order valence-corrected chi connectivity index (χ3v) is 4.16. The topological polar surface area (TPSA) is 29.9 Å². The van der Waals surface area contributed by atoms with Gasteiger partial charge in [-0.1, -0.05) is 40.0 Å². The van der Waals surface area contributed by atoms with Gasteiger partial charge in [0.1, 0.15) is 0 Å². The fourth-order valence-electron chi connectivity index (χ4n) is 3.23. The second-order valence-corrected chi connectivity index (χ2v) is 6.65. The minimum Gasteiger partial charge on any atom is -0.356 e. The Hall–Kier alpha value is -0.990. The maximum atomic E-state index is 4.42. The van der Waals surface area contributed by atoms with Crippen LogP contribution in [0.4, 0.5) is 5.95 Å². The largest absolute Gasteiger partial charge is 0.356 e. The monoisotopic (exact) mass is 263 g/mol. The molecule has 0 spiro atoms. The van der Waals surface area contributed by atoms with Gasteiger partial charge < -0.3 is 9.88 Å². The van der Waals surface area contributed by atoms with Gasteiger partial charge in [-0.2, -0.15) is 0 Å². The molecule has 0 saturated heterocycles. The molecule has 0 bridgehead atoms. The average molecular weight is 263 g/mol. The van der Waals surface area contributed by atoms with Crippen molar-refractivity contribution < 1.29 is 0 Å². The lowest BCUT2D eigenvalue weighted by molar-refractivity contribution is 0.274. The summed E-state index contributed by atoms with van der Waals surface area (Å²) in [6.45, 7) is 8.99. The lowest BCUT2D eigenvalue weighted by Crippen LogP contribution is -2.18. The summed E-state index contributed by atoms with van der Waals surface area (Å²) in [4.78, 5) is 4.42. The fourth-order valence-corrected chi connectivity index (χ4v) is 3.23. The summed E-state index contributed by atoms with van der Waals surface area (Å²) in [6.07, 6.45) is 11.0. The van der Waals surface area contributed by atoms with E-state index in [2.05, 4.69) is 41.8 Å². The highest BCUT2D eigenvalue weighted by atomic mass is 15.2. The molecular weight excluding hydrogens is 234 g/mol. The molecule has 2 atom stereocenters. The normalized spacial score (nSPS) is 23.8. The van der Waals surface area contributed by atoms with Crippen molar-refractivity contribution in [2.75, 3.05) is 11.9 Å². The SMILES string of the molecule is CC(C)Cn1ccnc1NCCC1CCCC(C)C1. The van der Waals surface area contributed by atoms with Crippen LogP contribution in [0, 0.1) is 17.8 Å². The van der Waals surface area contributed by atoms with Crippen LogP contribution in [0.5, 0.6) is 0 Å². The molecular formula is C16H29N3. The minimum absolute atomic E-state index is 0.661. The Bertz CT molecular complexity index is 370. The quantitative estimate of drug-likeness (QED) is 0.835. The molecule has 3 heteroatoms. The molecule has 1 fully saturated rings. The molecule has 1 aromatic heterocycles. The Labute approximate surface area is 117 Å². The van der Waals surface area contributed by atoms with Crippen LogP contribution in [-0.2, 0) is 6.54 Å². The van der Waals surface area contributed by atoms with E-state index in [9.17, 15) is 0 Å². The molecule has 0 aromatic carbocycles. The Kier molecular flexibility index (Phi) is 5.29. The lowest BCUT2D eigenvalue weighted by atomic mass is 9.81. The molecule has 3 nitrogen and oxygen atoms in total. The summed E-state index contributed by atoms with van der Waals surface area (Å²) in [5.74, 6) is 3.55. The van der Waals surface area contributed by atoms with Gasteiger partial charge in [0.05, 0.1) is 0 Å². The highest BCUT2D eigenvalue weighted by Gasteiger charge is 2.18. The molecule has 0 radical (unpaired) electrons. The Balaban J connectivity index is 1.74. The molecule has 19 heavy (non-hydrogen) atoms. The maximum Gasteiger partial charge on any atom is 0.202 e. The molecule has 1 aromatic rings. The number of nitrogens with zero attached hydrogens (tertiary/aromatic N) is 2. The van der Waals surface area contributed by atoms with Gasteiger partial charge in [0.25, 0.3) is 0 Å². The van der Waals surface area contributed by atoms with Crippen molar-refractivity contribution in [3.8, 4) is 0 Å². The number of hydrogen-bond acceptors (Lipinski definition) is 2. The molecule has 0 amide bonds. The zero-order valence-electron chi connectivity index (χ0n) is 12.7. The Morgan fingerprint density at radius 3 is 3.00 bits per heavy atom. The standard InChI is InChI=1S/C16H29N3/c1-13(2)12-19-10-9-18-16(19)17-8-7-15-6-4-5-14(3)11-15/h9-10,13-15H,4-8,11-12H2,1-3H3,(H,17,18). The van der Waals surface area contributed by atoms with Crippen LogP contribution in [0.15, 0.2) is 12.4 Å². The van der Waals surface area contributed by atoms with E-state index in [-0.39, 0.29) is 0 Å². The predicted octanol–water partition coefficient (Wildman–Crippen LogP) is 4.17. The molecule has 1 heterocycles. The lowest BCUT2D eigenvalue weighted by Gasteiger charge is -2.26. The summed E-state index contributed by atoms with van der Waals surface area (Å²) < 4.78 is 2.23. The van der Waals surface area contributed by atoms with E-state index in [0.717, 1.165) is 30.9 Å². The second-order valence-electron chi connectivity index (χ2n) is 6.65. The van der Waals surface area contributed by atoms with Crippen LogP contribution in [0.1, 0.15) is 52.9 Å². The molecule has 1 saturated carbocycles. The van der Waals surface area contributed by atoms with Gasteiger partial charge in [-0.25, -0.2) is 4.98 Å². The van der Waals surface area contributed by atoms with E-state index in [1.807, 2.05) is 6.20 Å². The van der Waals surface area contributed by atoms with Crippen LogP contribution in [0.3, 0.4) is 0 Å². The first-order valence-electron chi connectivity index (χ1n) is 7.90. The van der Waals surface area contributed by atoms with E-state index in [1.165, 1.54) is 32.1 Å². The predicted molar refractivity (Wildman–Crippen MR) is 81.3 cm³/mol. The molecule has 1 aliphatic carbocycles. The van der Waals surface area contributed by atoms with E-state index < -0.39 is 0 Å². The zero-order valence-corrected chi connectivity index (χ0v) is 12.7. The molecule has 2 rings (SSSR count). The average Bonchev–Trinajstić information content (AvgIpc) is 2.76. The van der Waals surface area contributed by atoms with Crippen LogP contribution < -0.4 is 5.32 Å². The summed E-state index contributed by atoms with van der Waals surface area (Å²) in [7, 11) is 0. The summed E-state index contributed by atoms with van der Waals surface area (Å²) in [6, 6.07) is 0. The Morgan fingerprint density at radius 1 is 1.42 bits per heavy atom. The number of imidazole rings is 1. The van der Waals surface area contributed by atoms with Crippen molar-refractivity contribution in [1.82, 2.24) is 9.55 Å². The minimum atomic E-state index is 0.661. The fraction of sp³-hybridized carbons (Fsp3) is 0.812. The van der Waals surface area contributed by atoms with Gasteiger partial charge >= 0.3 is 0 Å². The number of aromatic nitrogens is 2. The van der Waals surface area contributed by atoms with Crippen molar-refractivity contribution in [2.24, 2.45) is 17.8 Å². The van der Waals surface area contributed by atoms with Crippen LogP contribution in [0.2, 0.25) is 0 Å². The number of rotatable bonds is 6. The molecule has 0 aliphatic heterocycles. The summed E-state index contributed by atoms with van der Waals surface area (Å²) in [5.41, 5.74) is 0. The van der Waals surface area contributed by atoms with E-state index in [4.69, 9.17) is 0 Å². The van der Waals surface area contributed by atoms with Crippen LogP contribution >= 0.6 is 0 Å². The summed E-state index contributed by atoms with van der Waals surface area (Å²) in [5, 5.41) is 3.51. The maximum absolute atomic E-state index is 4.42. The Morgan fingerprint density at radius 2 is 2.26 bits per heavy atom. The van der Waals surface area contributed by atoms with Crippen molar-refractivity contribution in [3.05, 3.63) is 12.4 Å². The second kappa shape index (κ2) is 6.97.